The molecule has 1 heterocycles. The molecular formula is C105H190N2Ni. The normalized spacial score (nSPS) is 12.6. The molecule has 2 aromatic carbocycles. The first kappa shape index (κ1) is 102. The molecule has 2 aromatic rings. The molecular weight excluding hydrogens is 1350 g/mol. The van der Waals surface area contributed by atoms with E-state index in [0.717, 1.165) is 56.3 Å². The molecule has 0 radical (unpaired) electrons. The Morgan fingerprint density at radius 1 is 0.231 bits per heavy atom. The molecule has 1 aliphatic rings. The van der Waals surface area contributed by atoms with Crippen LogP contribution in [0.25, 0.3) is 16.9 Å². The van der Waals surface area contributed by atoms with E-state index in [2.05, 4.69) is 104 Å². The van der Waals surface area contributed by atoms with Gasteiger partial charge in [0.2, 0.25) is 11.4 Å². The average molecular weight is 1540 g/mol. The maximum absolute atomic E-state index is 12.9. The molecule has 2 nitrogen and oxygen atoms in total. The molecule has 0 saturated carbocycles. The Bertz CT molecular complexity index is 2260. The zero-order chi connectivity index (χ0) is 77.6. The van der Waals surface area contributed by atoms with Crippen LogP contribution in [0, 0.1) is 0 Å². The van der Waals surface area contributed by atoms with Crippen molar-refractivity contribution in [1.29, 1.82) is 0 Å². The third kappa shape index (κ3) is 58.6. The van der Waals surface area contributed by atoms with Gasteiger partial charge in [0, 0.05) is 16.7 Å². The summed E-state index contributed by atoms with van der Waals surface area (Å²) in [6.07, 6.45) is 111. The smallest absolute Gasteiger partial charge is 0.0654 e. The number of nitrogens with zero attached hydrogens (tertiary/aromatic N) is 2. The molecule has 0 bridgehead atoms. The van der Waals surface area contributed by atoms with Crippen LogP contribution in [-0.2, 0) is 40.1 Å². The first-order valence-electron chi connectivity index (χ1n) is 49.8. The molecule has 0 fully saturated rings. The Morgan fingerprint density at radius 3 is 0.694 bits per heavy atom. The van der Waals surface area contributed by atoms with Gasteiger partial charge in [-0.1, -0.05) is 356 Å². The minimum atomic E-state index is 1.000. The van der Waals surface area contributed by atoms with Crippen molar-refractivity contribution in [2.45, 2.75) is 561 Å². The van der Waals surface area contributed by atoms with Crippen LogP contribution in [0.4, 0.5) is 0 Å². The average Bonchev–Trinajstić information content (AvgIpc) is 1.60. The quantitative estimate of drug-likeness (QED) is 0.0358. The molecule has 1 aliphatic heterocycles. The van der Waals surface area contributed by atoms with E-state index in [1.54, 1.807) is 4.70 Å². The molecule has 108 heavy (non-hydrogen) atoms. The van der Waals surface area contributed by atoms with Crippen LogP contribution in [0.2, 0.25) is 10.8 Å². The van der Waals surface area contributed by atoms with Gasteiger partial charge in [-0.25, -0.2) is 4.70 Å². The number of allylic oxidation sites excluding steroid dienone is 4. The fraction of sp³-hybridized carbons (Fsp3) is 0.829. The van der Waals surface area contributed by atoms with Crippen molar-refractivity contribution in [3.63, 3.8) is 0 Å². The van der Waals surface area contributed by atoms with E-state index in [1.165, 1.54) is 505 Å². The molecule has 0 aromatic heterocycles. The van der Waals surface area contributed by atoms with Gasteiger partial charge in [-0.3, -0.25) is 0 Å². The zero-order valence-electron chi connectivity index (χ0n) is 74.7. The summed E-state index contributed by atoms with van der Waals surface area (Å²) in [5.74, 6) is 0. The third-order valence-corrected chi connectivity index (χ3v) is 25.3. The maximum atomic E-state index is 12.9. The number of benzene rings is 2. The minimum Gasteiger partial charge on any atom is -0.0654 e. The van der Waals surface area contributed by atoms with E-state index in [-0.39, 0.29) is 0 Å². The van der Waals surface area contributed by atoms with Gasteiger partial charge in [-0.2, -0.15) is 0 Å². The number of rotatable bonds is 82. The van der Waals surface area contributed by atoms with Crippen LogP contribution < -0.4 is 0 Å². The predicted molar refractivity (Wildman–Crippen MR) is 486 cm³/mol. The molecule has 3 heteroatoms. The first-order chi connectivity index (χ1) is 53.4. The van der Waals surface area contributed by atoms with Crippen molar-refractivity contribution >= 4 is 11.4 Å². The molecule has 0 atom stereocenters. The molecule has 0 spiro atoms. The Balaban J connectivity index is 0.000000901. The summed E-state index contributed by atoms with van der Waals surface area (Å²) in [5.41, 5.74) is 25.8. The fourth-order valence-electron chi connectivity index (χ4n) is 16.8. The second kappa shape index (κ2) is 80.0. The molecule has 0 N–H and O–H groups in total. The van der Waals surface area contributed by atoms with Crippen LogP contribution >= 0.6 is 0 Å². The van der Waals surface area contributed by atoms with Gasteiger partial charge in [0.25, 0.3) is 0 Å². The molecule has 0 saturated heterocycles. The molecule has 0 amide bonds. The van der Waals surface area contributed by atoms with Gasteiger partial charge in [0.1, 0.15) is 0 Å². The number of hydrogen-bond acceptors (Lipinski definition) is 0. The van der Waals surface area contributed by atoms with Crippen molar-refractivity contribution in [2.75, 3.05) is 0 Å². The zero-order valence-corrected chi connectivity index (χ0v) is 75.7. The Hall–Kier alpha value is -2.25. The third-order valence-electron chi connectivity index (χ3n) is 23.9. The molecule has 630 valence electrons. The first-order valence-corrected chi connectivity index (χ1v) is 51.2. The molecule has 0 unspecified atom stereocenters. The molecule has 0 aliphatic carbocycles. The Kier molecular flexibility index (Phi) is 75.4. The van der Waals surface area contributed by atoms with Gasteiger partial charge in [0.05, 0.1) is 5.57 Å². The summed E-state index contributed by atoms with van der Waals surface area (Å²) in [6.45, 7) is 18.5. The topological polar surface area (TPSA) is 25.3 Å². The summed E-state index contributed by atoms with van der Waals surface area (Å²) in [6, 6.07) is 14.8. The summed E-state index contributed by atoms with van der Waals surface area (Å²) in [4.78, 5) is 0. The van der Waals surface area contributed by atoms with Crippen molar-refractivity contribution in [1.82, 2.24) is 0 Å². The van der Waals surface area contributed by atoms with E-state index in [1.807, 2.05) is 14.4 Å². The van der Waals surface area contributed by atoms with Crippen LogP contribution in [0.15, 0.2) is 59.7 Å². The van der Waals surface area contributed by atoms with Crippen LogP contribution in [-0.4, -0.2) is 4.70 Å². The summed E-state index contributed by atoms with van der Waals surface area (Å²) in [7, 11) is 0. The van der Waals surface area contributed by atoms with E-state index in [4.69, 9.17) is 0 Å². The van der Waals surface area contributed by atoms with Crippen LogP contribution in [0.3, 0.4) is 0 Å². The van der Waals surface area contributed by atoms with E-state index < -0.39 is 0 Å². The van der Waals surface area contributed by atoms with Gasteiger partial charge in [-0.05, 0) is 124 Å². The number of hydrogen-bond donors (Lipinski definition) is 0. The van der Waals surface area contributed by atoms with Crippen molar-refractivity contribution < 1.29 is 19.1 Å². The minimum absolute atomic E-state index is 1.000. The van der Waals surface area contributed by atoms with Crippen LogP contribution in [0.5, 0.6) is 0 Å². The summed E-state index contributed by atoms with van der Waals surface area (Å²) >= 11 is 2.04. The Morgan fingerprint density at radius 2 is 0.435 bits per heavy atom. The van der Waals surface area contributed by atoms with E-state index in [9.17, 15) is 5.53 Å². The second-order valence-corrected chi connectivity index (χ2v) is 36.1. The van der Waals surface area contributed by atoms with Crippen molar-refractivity contribution in [3.8, 4) is 0 Å². The van der Waals surface area contributed by atoms with Crippen molar-refractivity contribution in [2.24, 2.45) is 0 Å². The second-order valence-electron chi connectivity index (χ2n) is 34.7. The summed E-state index contributed by atoms with van der Waals surface area (Å²) in [5, 5.41) is 2.87. The van der Waals surface area contributed by atoms with Gasteiger partial charge >= 0.3 is 166 Å². The van der Waals surface area contributed by atoms with E-state index in [0.29, 0.717) is 0 Å². The van der Waals surface area contributed by atoms with Crippen molar-refractivity contribution in [3.05, 3.63) is 98.6 Å². The standard InChI is InChI=1S/C69H116N2.2C18H37.Ni/c1-7-13-19-21-22-23-24-25-26-27-28-29-30-31-32-33-34-35-36-37-38-39-40-41-47-53-67-66(52-46-20-14-8-2)68(64-56-60(48-42-15-9-3)54-61(57-64)49-43-16-10-4)71(70)69(67)65-58-62(50-44-17-11-5)55-63(59-65)51-45-18-12-6;2*1-3-5-7-9-11-13-15-17-18-16-14-12-10-8-6-4-2;/h47,53-59H,7-46,48-52H2,1-6H3;2*1,3-18H2,2H3;. The van der Waals surface area contributed by atoms with Gasteiger partial charge in [0.15, 0.2) is 0 Å². The summed E-state index contributed by atoms with van der Waals surface area (Å²) < 4.78 is 1.68. The number of unbranched alkanes of at least 4 members (excludes halogenated alkanes) is 64. The number of aryl methyl sites for hydroxylation is 4. The Labute approximate surface area is 685 Å². The van der Waals surface area contributed by atoms with Crippen LogP contribution in [0.1, 0.15) is 557 Å². The molecule has 3 rings (SSSR count). The predicted octanol–water partition coefficient (Wildman–Crippen LogP) is 38.1. The van der Waals surface area contributed by atoms with E-state index >= 15 is 0 Å². The van der Waals surface area contributed by atoms with Gasteiger partial charge in [-0.15, -0.1) is 0 Å². The SMILES string of the molecule is CCCCCCCCCCCCCCCCCCCCCCCCCC=CC1=C(c2cc(CCCCC)cc(CCCCC)c2)[N+](=[N-])C(c2cc(CCCCC)cc(CCCCC)c2)=C1CCCCCC.CCCCCCCCCCCCCCCCC[CH2][Ni][CH2]CCCCCCCCCCCCCCCCC. The fourth-order valence-corrected chi connectivity index (χ4v) is 18.0. The monoisotopic (exact) mass is 1540 g/mol. The van der Waals surface area contributed by atoms with Gasteiger partial charge < -0.3 is 5.53 Å².